The molecule has 0 saturated carbocycles. The average molecular weight is 138 g/mol. The highest BCUT2D eigenvalue weighted by molar-refractivity contribution is 6.20. The Labute approximate surface area is 53.3 Å². The van der Waals surface area contributed by atoms with Crippen LogP contribution >= 0.6 is 11.8 Å². The van der Waals surface area contributed by atoms with Crippen LogP contribution < -0.4 is 0 Å². The van der Waals surface area contributed by atoms with Crippen molar-refractivity contribution in [2.45, 2.75) is 6.92 Å². The molecule has 0 unspecified atom stereocenters. The Hall–Kier alpha value is -0.440. The van der Waals surface area contributed by atoms with E-state index in [1.54, 1.807) is 6.92 Å². The third kappa shape index (κ3) is 2.02. The maximum atomic E-state index is 10.3. The molecule has 0 aromatic heterocycles. The lowest BCUT2D eigenvalue weighted by Crippen LogP contribution is -2.20. The van der Waals surface area contributed by atoms with E-state index in [1.165, 1.54) is 7.11 Å². The summed E-state index contributed by atoms with van der Waals surface area (Å²) in [6.45, 7) is 2.21. The molecule has 0 saturated heterocycles. The lowest BCUT2D eigenvalue weighted by molar-refractivity contribution is 0.151. The van der Waals surface area contributed by atoms with E-state index in [9.17, 15) is 4.79 Å². The van der Waals surface area contributed by atoms with Gasteiger partial charge in [-0.05, 0) is 6.92 Å². The van der Waals surface area contributed by atoms with E-state index in [4.69, 9.17) is 11.8 Å². The molecule has 0 fully saturated rings. The first-order chi connectivity index (χ1) is 3.72. The SMILES string of the molecule is CCN(Cl)C(=O)OC. The standard InChI is InChI=1S/C4H8ClNO2/c1-3-6(5)4(7)8-2/h3H2,1-2H3. The largest absolute Gasteiger partial charge is 0.452 e. The van der Waals surface area contributed by atoms with Gasteiger partial charge in [0.25, 0.3) is 0 Å². The van der Waals surface area contributed by atoms with Gasteiger partial charge >= 0.3 is 6.09 Å². The van der Waals surface area contributed by atoms with Gasteiger partial charge in [0.05, 0.1) is 7.11 Å². The molecule has 0 aliphatic carbocycles. The van der Waals surface area contributed by atoms with Crippen LogP contribution in [0.2, 0.25) is 0 Å². The molecule has 8 heavy (non-hydrogen) atoms. The summed E-state index contributed by atoms with van der Waals surface area (Å²) in [5, 5.41) is 0. The molecule has 0 N–H and O–H groups in total. The summed E-state index contributed by atoms with van der Waals surface area (Å²) in [6, 6.07) is 0. The molecule has 4 heteroatoms. The minimum atomic E-state index is -0.519. The van der Waals surface area contributed by atoms with Crippen molar-refractivity contribution >= 4 is 17.9 Å². The Kier molecular flexibility index (Phi) is 3.35. The molecule has 0 spiro atoms. The molecule has 0 heterocycles. The van der Waals surface area contributed by atoms with E-state index in [0.29, 0.717) is 6.54 Å². The maximum Gasteiger partial charge on any atom is 0.424 e. The molecule has 0 atom stereocenters. The Balaban J connectivity index is 3.46. The monoisotopic (exact) mass is 137 g/mol. The topological polar surface area (TPSA) is 29.5 Å². The quantitative estimate of drug-likeness (QED) is 0.509. The lowest BCUT2D eigenvalue weighted by atomic mass is 10.8. The van der Waals surface area contributed by atoms with Crippen LogP contribution in [0.4, 0.5) is 4.79 Å². The predicted octanol–water partition coefficient (Wildman–Crippen LogP) is 1.23. The van der Waals surface area contributed by atoms with Crippen LogP contribution in [0.3, 0.4) is 0 Å². The van der Waals surface area contributed by atoms with Gasteiger partial charge in [0.1, 0.15) is 0 Å². The fraction of sp³-hybridized carbons (Fsp3) is 0.750. The van der Waals surface area contributed by atoms with Crippen molar-refractivity contribution in [2.24, 2.45) is 0 Å². The smallest absolute Gasteiger partial charge is 0.424 e. The van der Waals surface area contributed by atoms with Crippen molar-refractivity contribution in [3.63, 3.8) is 0 Å². The van der Waals surface area contributed by atoms with Crippen molar-refractivity contribution in [3.05, 3.63) is 0 Å². The van der Waals surface area contributed by atoms with Crippen LogP contribution in [0, 0.1) is 0 Å². The van der Waals surface area contributed by atoms with Gasteiger partial charge in [0, 0.05) is 18.3 Å². The second kappa shape index (κ2) is 3.55. The highest BCUT2D eigenvalue weighted by atomic mass is 35.5. The summed E-state index contributed by atoms with van der Waals surface area (Å²) in [7, 11) is 1.29. The first-order valence-electron chi connectivity index (χ1n) is 2.23. The van der Waals surface area contributed by atoms with Crippen molar-refractivity contribution in [2.75, 3.05) is 13.7 Å². The fourth-order valence-electron chi connectivity index (χ4n) is 0.228. The summed E-state index contributed by atoms with van der Waals surface area (Å²) < 4.78 is 5.22. The van der Waals surface area contributed by atoms with E-state index >= 15 is 0 Å². The van der Waals surface area contributed by atoms with E-state index in [-0.39, 0.29) is 0 Å². The number of amides is 1. The maximum absolute atomic E-state index is 10.3. The Morgan fingerprint density at radius 2 is 2.38 bits per heavy atom. The van der Waals surface area contributed by atoms with E-state index in [0.717, 1.165) is 4.42 Å². The second-order valence-corrected chi connectivity index (χ2v) is 1.56. The van der Waals surface area contributed by atoms with Crippen molar-refractivity contribution in [1.82, 2.24) is 4.42 Å². The number of carbonyl (C=O) groups is 1. The molecule has 0 bridgehead atoms. The predicted molar refractivity (Wildman–Crippen MR) is 30.6 cm³/mol. The van der Waals surface area contributed by atoms with Crippen molar-refractivity contribution < 1.29 is 9.53 Å². The van der Waals surface area contributed by atoms with Crippen LogP contribution in [0.15, 0.2) is 0 Å². The summed E-state index contributed by atoms with van der Waals surface area (Å²) >= 11 is 5.27. The number of hydrogen-bond donors (Lipinski definition) is 0. The van der Waals surface area contributed by atoms with Gasteiger partial charge in [-0.3, -0.25) is 0 Å². The second-order valence-electron chi connectivity index (χ2n) is 1.15. The molecule has 0 rings (SSSR count). The molecule has 0 radical (unpaired) electrons. The van der Waals surface area contributed by atoms with E-state index in [1.807, 2.05) is 0 Å². The number of methoxy groups -OCH3 is 1. The first-order valence-corrected chi connectivity index (χ1v) is 2.57. The summed E-state index contributed by atoms with van der Waals surface area (Å²) in [4.78, 5) is 10.3. The van der Waals surface area contributed by atoms with Crippen LogP contribution in [0.5, 0.6) is 0 Å². The zero-order chi connectivity index (χ0) is 6.57. The molecule has 1 amide bonds. The summed E-state index contributed by atoms with van der Waals surface area (Å²) in [5.41, 5.74) is 0. The van der Waals surface area contributed by atoms with Gasteiger partial charge in [0.2, 0.25) is 0 Å². The molecule has 0 aliphatic heterocycles. The first kappa shape index (κ1) is 7.56. The molecular weight excluding hydrogens is 130 g/mol. The van der Waals surface area contributed by atoms with Gasteiger partial charge < -0.3 is 4.74 Å². The zero-order valence-electron chi connectivity index (χ0n) is 4.85. The van der Waals surface area contributed by atoms with Gasteiger partial charge in [0.15, 0.2) is 0 Å². The number of carbonyl (C=O) groups excluding carboxylic acids is 1. The van der Waals surface area contributed by atoms with E-state index < -0.39 is 6.09 Å². The zero-order valence-corrected chi connectivity index (χ0v) is 5.60. The molecule has 48 valence electrons. The minimum Gasteiger partial charge on any atom is -0.452 e. The van der Waals surface area contributed by atoms with Gasteiger partial charge in [-0.1, -0.05) is 0 Å². The number of halogens is 1. The minimum absolute atomic E-state index is 0.453. The van der Waals surface area contributed by atoms with E-state index in [2.05, 4.69) is 4.74 Å². The van der Waals surface area contributed by atoms with Gasteiger partial charge in [-0.2, -0.15) is 0 Å². The molecular formula is C4H8ClNO2. The van der Waals surface area contributed by atoms with Crippen LogP contribution in [-0.4, -0.2) is 24.2 Å². The van der Waals surface area contributed by atoms with Crippen LogP contribution in [0.25, 0.3) is 0 Å². The van der Waals surface area contributed by atoms with Crippen molar-refractivity contribution in [3.8, 4) is 0 Å². The van der Waals surface area contributed by atoms with Crippen LogP contribution in [-0.2, 0) is 4.74 Å². The Bertz CT molecular complexity index is 86.1. The Morgan fingerprint density at radius 3 is 2.50 bits per heavy atom. The molecule has 0 aromatic carbocycles. The number of rotatable bonds is 1. The summed E-state index contributed by atoms with van der Waals surface area (Å²) in [6.07, 6.45) is -0.519. The summed E-state index contributed by atoms with van der Waals surface area (Å²) in [5.74, 6) is 0. The molecule has 3 nitrogen and oxygen atoms in total. The normalized spacial score (nSPS) is 8.38. The van der Waals surface area contributed by atoms with Crippen LogP contribution in [0.1, 0.15) is 6.92 Å². The Morgan fingerprint density at radius 1 is 1.88 bits per heavy atom. The number of hydrogen-bond acceptors (Lipinski definition) is 2. The third-order valence-corrected chi connectivity index (χ3v) is 1.03. The molecule has 0 aliphatic rings. The lowest BCUT2D eigenvalue weighted by Gasteiger charge is -2.06. The highest BCUT2D eigenvalue weighted by Crippen LogP contribution is 1.94. The molecule has 0 aromatic rings. The van der Waals surface area contributed by atoms with Gasteiger partial charge in [-0.25, -0.2) is 9.21 Å². The number of ether oxygens (including phenoxy) is 1. The van der Waals surface area contributed by atoms with Crippen molar-refractivity contribution in [1.29, 1.82) is 0 Å². The fourth-order valence-corrected chi connectivity index (χ4v) is 0.297. The number of nitrogens with zero attached hydrogens (tertiary/aromatic N) is 1. The average Bonchev–Trinajstić information content (AvgIpc) is 1.84. The highest BCUT2D eigenvalue weighted by Gasteiger charge is 2.05. The third-order valence-electron chi connectivity index (χ3n) is 0.650. The van der Waals surface area contributed by atoms with Gasteiger partial charge in [-0.15, -0.1) is 0 Å².